The highest BCUT2D eigenvalue weighted by molar-refractivity contribution is 7.90. The van der Waals surface area contributed by atoms with Crippen LogP contribution in [-0.2, 0) is 26.1 Å². The van der Waals surface area contributed by atoms with Crippen molar-refractivity contribution in [1.29, 1.82) is 0 Å². The van der Waals surface area contributed by atoms with Gasteiger partial charge in [-0.05, 0) is 11.6 Å². The van der Waals surface area contributed by atoms with Gasteiger partial charge in [-0.2, -0.15) is 0 Å². The van der Waals surface area contributed by atoms with Crippen molar-refractivity contribution in [1.82, 2.24) is 4.72 Å². The molecule has 0 aromatic heterocycles. The third kappa shape index (κ3) is 5.40. The van der Waals surface area contributed by atoms with Crippen LogP contribution in [-0.4, -0.2) is 33.8 Å². The number of nitrogens with one attached hydrogen (secondary N) is 1. The standard InChI is InChI=1S/C13H16N2O4S/c1-19-13(16)10-20(17,18)15-9-12-6-3-2-5-11(12)7-4-8-14/h2-3,5-6,15H,8-10,14H2,1H3. The summed E-state index contributed by atoms with van der Waals surface area (Å²) in [5.74, 6) is 4.05. The van der Waals surface area contributed by atoms with Crippen LogP contribution in [0.4, 0.5) is 0 Å². The first-order valence-corrected chi connectivity index (χ1v) is 7.44. The van der Waals surface area contributed by atoms with Gasteiger partial charge in [0.2, 0.25) is 10.0 Å². The van der Waals surface area contributed by atoms with E-state index in [0.29, 0.717) is 11.1 Å². The first-order chi connectivity index (χ1) is 9.48. The van der Waals surface area contributed by atoms with Crippen LogP contribution in [0.1, 0.15) is 11.1 Å². The van der Waals surface area contributed by atoms with E-state index >= 15 is 0 Å². The van der Waals surface area contributed by atoms with Crippen molar-refractivity contribution in [3.05, 3.63) is 35.4 Å². The Hall–Kier alpha value is -1.88. The summed E-state index contributed by atoms with van der Waals surface area (Å²) >= 11 is 0. The van der Waals surface area contributed by atoms with Crippen LogP contribution in [0.3, 0.4) is 0 Å². The van der Waals surface area contributed by atoms with E-state index in [1.54, 1.807) is 24.3 Å². The molecule has 1 aromatic carbocycles. The lowest BCUT2D eigenvalue weighted by molar-refractivity contribution is -0.137. The molecule has 3 N–H and O–H groups in total. The first kappa shape index (κ1) is 16.2. The molecule has 0 spiro atoms. The summed E-state index contributed by atoms with van der Waals surface area (Å²) in [7, 11) is -2.59. The van der Waals surface area contributed by atoms with Crippen LogP contribution in [0.25, 0.3) is 0 Å². The van der Waals surface area contributed by atoms with Gasteiger partial charge in [-0.1, -0.05) is 30.0 Å². The summed E-state index contributed by atoms with van der Waals surface area (Å²) in [6, 6.07) is 7.10. The summed E-state index contributed by atoms with van der Waals surface area (Å²) in [6.07, 6.45) is 0. The molecular formula is C13H16N2O4S. The fourth-order valence-corrected chi connectivity index (χ4v) is 2.30. The van der Waals surface area contributed by atoms with Crippen LogP contribution in [0.2, 0.25) is 0 Å². The van der Waals surface area contributed by atoms with Crippen molar-refractivity contribution < 1.29 is 17.9 Å². The number of esters is 1. The van der Waals surface area contributed by atoms with Crippen molar-refractivity contribution in [3.8, 4) is 11.8 Å². The predicted octanol–water partition coefficient (Wildman–Crippen LogP) is -0.411. The summed E-state index contributed by atoms with van der Waals surface area (Å²) in [6.45, 7) is 0.275. The van der Waals surface area contributed by atoms with Gasteiger partial charge in [0.25, 0.3) is 0 Å². The lowest BCUT2D eigenvalue weighted by atomic mass is 10.1. The highest BCUT2D eigenvalue weighted by atomic mass is 32.2. The summed E-state index contributed by atoms with van der Waals surface area (Å²) < 4.78 is 29.9. The number of methoxy groups -OCH3 is 1. The second-order valence-corrected chi connectivity index (χ2v) is 5.63. The Balaban J connectivity index is 2.77. The second-order valence-electron chi connectivity index (χ2n) is 3.82. The predicted molar refractivity (Wildman–Crippen MR) is 75.0 cm³/mol. The topological polar surface area (TPSA) is 98.5 Å². The molecule has 0 aliphatic rings. The zero-order valence-corrected chi connectivity index (χ0v) is 11.9. The minimum atomic E-state index is -3.73. The quantitative estimate of drug-likeness (QED) is 0.568. The number of rotatable bonds is 5. The van der Waals surface area contributed by atoms with Gasteiger partial charge < -0.3 is 10.5 Å². The Bertz CT molecular complexity index is 629. The van der Waals surface area contributed by atoms with Gasteiger partial charge in [0.1, 0.15) is 0 Å². The summed E-state index contributed by atoms with van der Waals surface area (Å²) in [5.41, 5.74) is 6.71. The maximum atomic E-state index is 11.6. The smallest absolute Gasteiger partial charge is 0.322 e. The molecule has 0 heterocycles. The molecule has 7 heteroatoms. The van der Waals surface area contributed by atoms with Crippen molar-refractivity contribution in [2.24, 2.45) is 5.73 Å². The van der Waals surface area contributed by atoms with E-state index < -0.39 is 21.7 Å². The van der Waals surface area contributed by atoms with Crippen LogP contribution >= 0.6 is 0 Å². The van der Waals surface area contributed by atoms with Crippen LogP contribution in [0.15, 0.2) is 24.3 Å². The second kappa shape index (κ2) is 7.65. The van der Waals surface area contributed by atoms with Gasteiger partial charge in [-0.25, -0.2) is 13.1 Å². The number of hydrogen-bond acceptors (Lipinski definition) is 5. The summed E-state index contributed by atoms with van der Waals surface area (Å²) in [5, 5.41) is 0. The third-order valence-corrected chi connectivity index (χ3v) is 3.56. The van der Waals surface area contributed by atoms with E-state index in [2.05, 4.69) is 21.3 Å². The molecule has 0 saturated heterocycles. The largest absolute Gasteiger partial charge is 0.468 e. The maximum Gasteiger partial charge on any atom is 0.322 e. The average Bonchev–Trinajstić information content (AvgIpc) is 2.43. The number of carbonyl (C=O) groups is 1. The van der Waals surface area contributed by atoms with Crippen LogP contribution in [0.5, 0.6) is 0 Å². The van der Waals surface area contributed by atoms with Gasteiger partial charge in [0.05, 0.1) is 13.7 Å². The molecular weight excluding hydrogens is 280 g/mol. The van der Waals surface area contributed by atoms with E-state index in [-0.39, 0.29) is 13.1 Å². The Morgan fingerprint density at radius 1 is 1.40 bits per heavy atom. The lowest BCUT2D eigenvalue weighted by Crippen LogP contribution is -2.30. The highest BCUT2D eigenvalue weighted by Gasteiger charge is 2.16. The molecule has 0 unspecified atom stereocenters. The number of sulfonamides is 1. The normalized spacial score (nSPS) is 10.5. The molecule has 0 atom stereocenters. The van der Waals surface area contributed by atoms with Crippen LogP contribution < -0.4 is 10.5 Å². The van der Waals surface area contributed by atoms with E-state index in [1.807, 2.05) is 0 Å². The van der Waals surface area contributed by atoms with E-state index in [0.717, 1.165) is 7.11 Å². The van der Waals surface area contributed by atoms with Crippen molar-refractivity contribution in [2.75, 3.05) is 19.4 Å². The number of carbonyl (C=O) groups excluding carboxylic acids is 1. The molecule has 0 amide bonds. The van der Waals surface area contributed by atoms with Gasteiger partial charge in [0, 0.05) is 12.1 Å². The molecule has 0 saturated carbocycles. The molecule has 20 heavy (non-hydrogen) atoms. The Morgan fingerprint density at radius 2 is 2.10 bits per heavy atom. The summed E-state index contributed by atoms with van der Waals surface area (Å²) in [4.78, 5) is 11.0. The number of hydrogen-bond donors (Lipinski definition) is 2. The molecule has 1 rings (SSSR count). The van der Waals surface area contributed by atoms with Gasteiger partial charge in [-0.3, -0.25) is 4.79 Å². The Kier molecular flexibility index (Phi) is 6.18. The molecule has 0 bridgehead atoms. The Labute approximate surface area is 118 Å². The van der Waals surface area contributed by atoms with Crippen LogP contribution in [0, 0.1) is 11.8 Å². The maximum absolute atomic E-state index is 11.6. The molecule has 108 valence electrons. The minimum Gasteiger partial charge on any atom is -0.468 e. The SMILES string of the molecule is COC(=O)CS(=O)(=O)NCc1ccccc1C#CCN. The average molecular weight is 296 g/mol. The van der Waals surface area contributed by atoms with Crippen molar-refractivity contribution in [3.63, 3.8) is 0 Å². The van der Waals surface area contributed by atoms with Gasteiger partial charge in [0.15, 0.2) is 5.75 Å². The zero-order chi connectivity index (χ0) is 15.0. The number of nitrogens with two attached hydrogens (primary N) is 1. The monoisotopic (exact) mass is 296 g/mol. The van der Waals surface area contributed by atoms with Crippen molar-refractivity contribution in [2.45, 2.75) is 6.54 Å². The first-order valence-electron chi connectivity index (χ1n) is 5.79. The fourth-order valence-electron chi connectivity index (χ4n) is 1.40. The highest BCUT2D eigenvalue weighted by Crippen LogP contribution is 2.07. The molecule has 1 aromatic rings. The Morgan fingerprint density at radius 3 is 2.75 bits per heavy atom. The minimum absolute atomic E-state index is 0.0503. The lowest BCUT2D eigenvalue weighted by Gasteiger charge is -2.07. The zero-order valence-electron chi connectivity index (χ0n) is 11.0. The molecule has 6 nitrogen and oxygen atoms in total. The van der Waals surface area contributed by atoms with E-state index in [9.17, 15) is 13.2 Å². The van der Waals surface area contributed by atoms with E-state index in [1.165, 1.54) is 0 Å². The van der Waals surface area contributed by atoms with Crippen molar-refractivity contribution >= 4 is 16.0 Å². The fraction of sp³-hybridized carbons (Fsp3) is 0.308. The number of benzene rings is 1. The van der Waals surface area contributed by atoms with E-state index in [4.69, 9.17) is 5.73 Å². The number of ether oxygens (including phenoxy) is 1. The molecule has 0 fully saturated rings. The molecule has 0 aliphatic carbocycles. The van der Waals surface area contributed by atoms with Gasteiger partial charge >= 0.3 is 5.97 Å². The van der Waals surface area contributed by atoms with Gasteiger partial charge in [-0.15, -0.1) is 0 Å². The third-order valence-electron chi connectivity index (χ3n) is 2.36. The molecule has 0 aliphatic heterocycles. The molecule has 0 radical (unpaired) electrons.